The summed E-state index contributed by atoms with van der Waals surface area (Å²) in [5.74, 6) is -0.162. The van der Waals surface area contributed by atoms with E-state index in [1.54, 1.807) is 12.1 Å². The number of hydrogen-bond acceptors (Lipinski definition) is 2. The van der Waals surface area contributed by atoms with Crippen LogP contribution in [0.3, 0.4) is 0 Å². The van der Waals surface area contributed by atoms with Gasteiger partial charge in [0.05, 0.1) is 0 Å². The van der Waals surface area contributed by atoms with Gasteiger partial charge in [0.1, 0.15) is 5.82 Å². The molecule has 0 amide bonds. The normalized spacial score (nSPS) is 16.6. The first-order valence-corrected chi connectivity index (χ1v) is 6.53. The SMILES string of the molecule is CCC(C)(C(Cc1cccc(F)c1)NC)N(C)C. The Morgan fingerprint density at radius 2 is 2.06 bits per heavy atom. The van der Waals surface area contributed by atoms with Crippen molar-refractivity contribution < 1.29 is 4.39 Å². The van der Waals surface area contributed by atoms with Crippen LogP contribution in [0.1, 0.15) is 25.8 Å². The molecule has 0 heterocycles. The molecule has 0 spiro atoms. The van der Waals surface area contributed by atoms with Crippen molar-refractivity contribution in [1.29, 1.82) is 0 Å². The van der Waals surface area contributed by atoms with Crippen molar-refractivity contribution in [3.05, 3.63) is 35.6 Å². The maximum absolute atomic E-state index is 13.2. The Morgan fingerprint density at radius 1 is 1.39 bits per heavy atom. The van der Waals surface area contributed by atoms with Crippen molar-refractivity contribution in [1.82, 2.24) is 10.2 Å². The van der Waals surface area contributed by atoms with Crippen molar-refractivity contribution in [2.45, 2.75) is 38.3 Å². The van der Waals surface area contributed by atoms with Gasteiger partial charge in [0, 0.05) is 11.6 Å². The number of rotatable bonds is 6. The smallest absolute Gasteiger partial charge is 0.123 e. The molecule has 3 heteroatoms. The van der Waals surface area contributed by atoms with Crippen molar-refractivity contribution in [3.63, 3.8) is 0 Å². The van der Waals surface area contributed by atoms with Crippen LogP contribution in [0.2, 0.25) is 0 Å². The van der Waals surface area contributed by atoms with Gasteiger partial charge < -0.3 is 10.2 Å². The molecule has 0 aromatic heterocycles. The standard InChI is InChI=1S/C15H25FN2/c1-6-15(2,18(4)5)14(17-3)11-12-8-7-9-13(16)10-12/h7-10,14,17H,6,11H2,1-5H3. The topological polar surface area (TPSA) is 15.3 Å². The lowest BCUT2D eigenvalue weighted by Crippen LogP contribution is -2.56. The molecule has 0 bridgehead atoms. The van der Waals surface area contributed by atoms with Gasteiger partial charge in [0.25, 0.3) is 0 Å². The molecule has 1 rings (SSSR count). The van der Waals surface area contributed by atoms with Crippen molar-refractivity contribution in [2.75, 3.05) is 21.1 Å². The number of nitrogens with one attached hydrogen (secondary N) is 1. The summed E-state index contributed by atoms with van der Waals surface area (Å²) < 4.78 is 13.2. The van der Waals surface area contributed by atoms with Gasteiger partial charge in [-0.25, -0.2) is 4.39 Å². The van der Waals surface area contributed by atoms with Crippen LogP contribution in [0.5, 0.6) is 0 Å². The van der Waals surface area contributed by atoms with Crippen LogP contribution in [-0.4, -0.2) is 37.6 Å². The molecule has 1 N–H and O–H groups in total. The number of benzene rings is 1. The van der Waals surface area contributed by atoms with Crippen LogP contribution in [0, 0.1) is 5.82 Å². The molecule has 102 valence electrons. The lowest BCUT2D eigenvalue weighted by atomic mass is 9.84. The summed E-state index contributed by atoms with van der Waals surface area (Å²) in [6, 6.07) is 7.16. The summed E-state index contributed by atoms with van der Waals surface area (Å²) in [5.41, 5.74) is 1.09. The average Bonchev–Trinajstić information content (AvgIpc) is 2.34. The molecular formula is C15H25FN2. The maximum Gasteiger partial charge on any atom is 0.123 e. The summed E-state index contributed by atoms with van der Waals surface area (Å²) in [6.07, 6.45) is 1.87. The van der Waals surface area contributed by atoms with E-state index in [0.29, 0.717) is 6.04 Å². The largest absolute Gasteiger partial charge is 0.315 e. The second-order valence-electron chi connectivity index (χ2n) is 5.28. The van der Waals surface area contributed by atoms with Crippen molar-refractivity contribution in [2.24, 2.45) is 0 Å². The third-order valence-corrected chi connectivity index (χ3v) is 4.17. The minimum Gasteiger partial charge on any atom is -0.315 e. The molecule has 0 fully saturated rings. The lowest BCUT2D eigenvalue weighted by molar-refractivity contribution is 0.116. The zero-order chi connectivity index (χ0) is 13.8. The fourth-order valence-corrected chi connectivity index (χ4v) is 2.41. The summed E-state index contributed by atoms with van der Waals surface area (Å²) in [5, 5.41) is 3.38. The van der Waals surface area contributed by atoms with E-state index in [1.165, 1.54) is 6.07 Å². The van der Waals surface area contributed by atoms with Gasteiger partial charge in [-0.15, -0.1) is 0 Å². The minimum atomic E-state index is -0.162. The van der Waals surface area contributed by atoms with Crippen LogP contribution in [0.4, 0.5) is 4.39 Å². The quantitative estimate of drug-likeness (QED) is 0.837. The molecule has 2 nitrogen and oxygen atoms in total. The molecule has 2 atom stereocenters. The zero-order valence-electron chi connectivity index (χ0n) is 12.1. The van der Waals surface area contributed by atoms with Gasteiger partial charge in [0.15, 0.2) is 0 Å². The Labute approximate surface area is 110 Å². The second kappa shape index (κ2) is 6.30. The van der Waals surface area contributed by atoms with Crippen LogP contribution < -0.4 is 5.32 Å². The fraction of sp³-hybridized carbons (Fsp3) is 0.600. The molecular weight excluding hydrogens is 227 g/mol. The monoisotopic (exact) mass is 252 g/mol. The predicted molar refractivity (Wildman–Crippen MR) is 75.3 cm³/mol. The van der Waals surface area contributed by atoms with E-state index in [9.17, 15) is 4.39 Å². The van der Waals surface area contributed by atoms with E-state index in [0.717, 1.165) is 18.4 Å². The van der Waals surface area contributed by atoms with Crippen LogP contribution in [0.25, 0.3) is 0 Å². The number of nitrogens with zero attached hydrogens (tertiary/aromatic N) is 1. The van der Waals surface area contributed by atoms with Gasteiger partial charge in [-0.3, -0.25) is 0 Å². The Kier molecular flexibility index (Phi) is 5.29. The van der Waals surface area contributed by atoms with E-state index in [2.05, 4.69) is 38.2 Å². The first kappa shape index (κ1) is 15.1. The summed E-state index contributed by atoms with van der Waals surface area (Å²) >= 11 is 0. The molecule has 2 unspecified atom stereocenters. The Hall–Kier alpha value is -0.930. The van der Waals surface area contributed by atoms with Crippen LogP contribution in [-0.2, 0) is 6.42 Å². The highest BCUT2D eigenvalue weighted by Gasteiger charge is 2.33. The molecule has 0 saturated heterocycles. The number of halogens is 1. The third kappa shape index (κ3) is 3.30. The van der Waals surface area contributed by atoms with Gasteiger partial charge in [-0.1, -0.05) is 19.1 Å². The maximum atomic E-state index is 13.2. The molecule has 0 radical (unpaired) electrons. The highest BCUT2D eigenvalue weighted by atomic mass is 19.1. The minimum absolute atomic E-state index is 0.0566. The molecule has 0 aliphatic rings. The highest BCUT2D eigenvalue weighted by Crippen LogP contribution is 2.23. The van der Waals surface area contributed by atoms with Crippen molar-refractivity contribution >= 4 is 0 Å². The van der Waals surface area contributed by atoms with E-state index >= 15 is 0 Å². The molecule has 1 aromatic carbocycles. The van der Waals surface area contributed by atoms with Gasteiger partial charge in [0.2, 0.25) is 0 Å². The van der Waals surface area contributed by atoms with Crippen molar-refractivity contribution in [3.8, 4) is 0 Å². The first-order chi connectivity index (χ1) is 8.43. The van der Waals surface area contributed by atoms with E-state index < -0.39 is 0 Å². The average molecular weight is 252 g/mol. The molecule has 0 aliphatic heterocycles. The molecule has 18 heavy (non-hydrogen) atoms. The zero-order valence-corrected chi connectivity index (χ0v) is 12.1. The molecule has 1 aromatic rings. The second-order valence-corrected chi connectivity index (χ2v) is 5.28. The Morgan fingerprint density at radius 3 is 2.50 bits per heavy atom. The highest BCUT2D eigenvalue weighted by molar-refractivity contribution is 5.18. The van der Waals surface area contributed by atoms with Crippen LogP contribution >= 0.6 is 0 Å². The Balaban J connectivity index is 2.90. The van der Waals surface area contributed by atoms with Gasteiger partial charge >= 0.3 is 0 Å². The summed E-state index contributed by atoms with van der Waals surface area (Å²) in [7, 11) is 6.17. The fourth-order valence-electron chi connectivity index (χ4n) is 2.41. The van der Waals surface area contributed by atoms with E-state index in [1.807, 2.05) is 13.1 Å². The van der Waals surface area contributed by atoms with E-state index in [-0.39, 0.29) is 11.4 Å². The molecule has 0 saturated carbocycles. The summed E-state index contributed by atoms with van der Waals surface area (Å²) in [4.78, 5) is 2.24. The molecule has 0 aliphatic carbocycles. The lowest BCUT2D eigenvalue weighted by Gasteiger charge is -2.42. The number of likely N-dealkylation sites (N-methyl/N-ethyl adjacent to an activating group) is 2. The first-order valence-electron chi connectivity index (χ1n) is 6.53. The van der Waals surface area contributed by atoms with E-state index in [4.69, 9.17) is 0 Å². The summed E-state index contributed by atoms with van der Waals surface area (Å²) in [6.45, 7) is 4.43. The van der Waals surface area contributed by atoms with Gasteiger partial charge in [-0.2, -0.15) is 0 Å². The van der Waals surface area contributed by atoms with Crippen LogP contribution in [0.15, 0.2) is 24.3 Å². The Bertz CT molecular complexity index is 379. The van der Waals surface area contributed by atoms with Gasteiger partial charge in [-0.05, 0) is 58.6 Å². The third-order valence-electron chi connectivity index (χ3n) is 4.17. The predicted octanol–water partition coefficient (Wildman–Crippen LogP) is 2.69. The number of hydrogen-bond donors (Lipinski definition) is 1.